The van der Waals surface area contributed by atoms with Crippen molar-refractivity contribution in [2.75, 3.05) is 0 Å². The molecule has 0 saturated heterocycles. The van der Waals surface area contributed by atoms with Gasteiger partial charge in [-0.2, -0.15) is 0 Å². The normalized spacial score (nSPS) is 15.2. The van der Waals surface area contributed by atoms with Gasteiger partial charge in [0.25, 0.3) is 0 Å². The minimum atomic E-state index is -6.89. The van der Waals surface area contributed by atoms with Gasteiger partial charge in [-0.1, -0.05) is 0 Å². The molecule has 0 radical (unpaired) electrons. The Morgan fingerprint density at radius 1 is 1.10 bits per heavy atom. The van der Waals surface area contributed by atoms with Crippen molar-refractivity contribution >= 4 is 10.00 Å². The van der Waals surface area contributed by atoms with Crippen molar-refractivity contribution in [1.29, 1.82) is 0 Å². The highest BCUT2D eigenvalue weighted by molar-refractivity contribution is 7.98. The van der Waals surface area contributed by atoms with Crippen molar-refractivity contribution in [2.24, 2.45) is 0 Å². The van der Waals surface area contributed by atoms with Gasteiger partial charge in [0.1, 0.15) is 0 Å². The Balaban J connectivity index is 5.20. The van der Waals surface area contributed by atoms with Crippen LogP contribution in [0.2, 0.25) is 0 Å². The lowest BCUT2D eigenvalue weighted by Crippen LogP contribution is -2.46. The molecular weight excluding hydrogens is 172 g/mol. The van der Waals surface area contributed by atoms with Gasteiger partial charge >= 0.3 is 10.00 Å². The molecule has 0 aliphatic rings. The van der Waals surface area contributed by atoms with E-state index in [0.717, 1.165) is 0 Å². The Bertz CT molecular complexity index is 224. The third kappa shape index (κ3) is 1.07. The molecule has 0 spiro atoms. The predicted molar refractivity (Wildman–Crippen MR) is 27.4 cm³/mol. The summed E-state index contributed by atoms with van der Waals surface area (Å²) in [5.74, 6) is 0. The molecule has 0 amide bonds. The summed E-state index contributed by atoms with van der Waals surface area (Å²) in [7, 11) is -6.89. The first-order valence-electron chi connectivity index (χ1n) is 1.63. The Labute approximate surface area is 53.3 Å². The first kappa shape index (κ1) is 8.87. The van der Waals surface area contributed by atoms with E-state index in [1.807, 2.05) is 0 Å². The minimum Gasteiger partial charge on any atom is -0.242 e. The standard InChI is InChI=1S/H2N2O7S/c3-1(4)10(7,8,9)2(5)6/h(H2,7,8,9). The molecule has 2 N–H and O–H groups in total. The summed E-state index contributed by atoms with van der Waals surface area (Å²) in [6.07, 6.45) is 0. The summed E-state index contributed by atoms with van der Waals surface area (Å²) >= 11 is 0. The van der Waals surface area contributed by atoms with E-state index in [-0.39, 0.29) is 0 Å². The largest absolute Gasteiger partial charge is 0.573 e. The maximum Gasteiger partial charge on any atom is 0.573 e. The second-order valence-electron chi connectivity index (χ2n) is 1.24. The van der Waals surface area contributed by atoms with Gasteiger partial charge in [0, 0.05) is 0 Å². The molecule has 0 bridgehead atoms. The summed E-state index contributed by atoms with van der Waals surface area (Å²) in [6, 6.07) is 0. The lowest BCUT2D eigenvalue weighted by atomic mass is 13.3. The van der Waals surface area contributed by atoms with Crippen LogP contribution < -0.4 is 0 Å². The topological polar surface area (TPSA) is 144 Å². The van der Waals surface area contributed by atoms with Crippen LogP contribution in [0.3, 0.4) is 0 Å². The van der Waals surface area contributed by atoms with Crippen molar-refractivity contribution in [3.05, 3.63) is 20.2 Å². The zero-order valence-corrected chi connectivity index (χ0v) is 5.05. The molecule has 60 valence electrons. The monoisotopic (exact) mass is 174 g/mol. The van der Waals surface area contributed by atoms with Gasteiger partial charge in [0.2, 0.25) is 8.66 Å². The van der Waals surface area contributed by atoms with Crippen LogP contribution in [0.25, 0.3) is 0 Å². The molecule has 0 aromatic carbocycles. The average molecular weight is 174 g/mol. The van der Waals surface area contributed by atoms with Gasteiger partial charge in [0.05, 0.1) is 0 Å². The van der Waals surface area contributed by atoms with E-state index in [1.165, 1.54) is 0 Å². The summed E-state index contributed by atoms with van der Waals surface area (Å²) in [5, 5.41) is 18.8. The lowest BCUT2D eigenvalue weighted by molar-refractivity contribution is -0.469. The number of hydrogen-bond acceptors (Lipinski definition) is 5. The molecular formula is H2N2O7S. The fourth-order valence-electron chi connectivity index (χ4n) is 0.0544. The molecule has 0 heterocycles. The molecule has 0 saturated carbocycles. The average Bonchev–Trinajstić information content (AvgIpc) is 1.63. The highest BCUT2D eigenvalue weighted by atomic mass is 32.3. The zero-order valence-electron chi connectivity index (χ0n) is 4.24. The molecule has 0 unspecified atom stereocenters. The SMILES string of the molecule is O=[N+]([O-])S(=O)(O)(O)[N+](=O)[O-]. The molecule has 9 nitrogen and oxygen atoms in total. The molecule has 0 aromatic heterocycles. The molecule has 0 aliphatic heterocycles. The van der Waals surface area contributed by atoms with Gasteiger partial charge in [0.15, 0.2) is 0 Å². The Kier molecular flexibility index (Phi) is 1.49. The Morgan fingerprint density at radius 3 is 1.30 bits per heavy atom. The first-order chi connectivity index (χ1) is 4.17. The van der Waals surface area contributed by atoms with Crippen molar-refractivity contribution in [3.63, 3.8) is 0 Å². The molecule has 0 aromatic rings. The third-order valence-electron chi connectivity index (χ3n) is 0.522. The van der Waals surface area contributed by atoms with Crippen molar-refractivity contribution in [2.45, 2.75) is 0 Å². The maximum atomic E-state index is 9.90. The van der Waals surface area contributed by atoms with E-state index in [9.17, 15) is 24.4 Å². The third-order valence-corrected chi connectivity index (χ3v) is 1.57. The number of hydrogen-bond donors (Lipinski definition) is 2. The van der Waals surface area contributed by atoms with E-state index in [0.29, 0.717) is 0 Å². The summed E-state index contributed by atoms with van der Waals surface area (Å²) in [6.45, 7) is 0. The lowest BCUT2D eigenvalue weighted by Gasteiger charge is -2.09. The summed E-state index contributed by atoms with van der Waals surface area (Å²) in [5.41, 5.74) is 0. The molecule has 10 heavy (non-hydrogen) atoms. The maximum absolute atomic E-state index is 9.90. The quantitative estimate of drug-likeness (QED) is 0.409. The van der Waals surface area contributed by atoms with E-state index in [4.69, 9.17) is 9.11 Å². The second-order valence-corrected chi connectivity index (χ2v) is 3.41. The first-order valence-corrected chi connectivity index (χ1v) is 3.42. The smallest absolute Gasteiger partial charge is 0.242 e. The van der Waals surface area contributed by atoms with Crippen molar-refractivity contribution < 1.29 is 22.0 Å². The van der Waals surface area contributed by atoms with Crippen LogP contribution in [-0.4, -0.2) is 22.0 Å². The molecule has 0 rings (SSSR count). The molecule has 0 aliphatic carbocycles. The van der Waals surface area contributed by atoms with Gasteiger partial charge in [-0.3, -0.25) is 0 Å². The van der Waals surface area contributed by atoms with Crippen molar-refractivity contribution in [3.8, 4) is 0 Å². The summed E-state index contributed by atoms with van der Waals surface area (Å²) in [4.78, 5) is 18.8. The predicted octanol–water partition coefficient (Wildman–Crippen LogP) is -0.864. The highest BCUT2D eigenvalue weighted by Crippen LogP contribution is 2.15. The van der Waals surface area contributed by atoms with Crippen molar-refractivity contribution in [1.82, 2.24) is 0 Å². The van der Waals surface area contributed by atoms with Crippen LogP contribution in [-0.2, 0) is 10.00 Å². The number of rotatable bonds is 2. The van der Waals surface area contributed by atoms with Gasteiger partial charge in [-0.05, 0) is 0 Å². The van der Waals surface area contributed by atoms with Crippen LogP contribution in [0, 0.1) is 20.2 Å². The Morgan fingerprint density at radius 2 is 1.30 bits per heavy atom. The van der Waals surface area contributed by atoms with Crippen LogP contribution in [0.5, 0.6) is 0 Å². The number of nitro groups is 2. The van der Waals surface area contributed by atoms with Crippen LogP contribution in [0.15, 0.2) is 0 Å². The molecule has 0 fully saturated rings. The fourth-order valence-corrected chi connectivity index (χ4v) is 0.163. The van der Waals surface area contributed by atoms with Gasteiger partial charge < -0.3 is 0 Å². The fraction of sp³-hybridized carbons (Fsp3) is 0. The Hall–Kier alpha value is -1.13. The highest BCUT2D eigenvalue weighted by Gasteiger charge is 2.58. The summed E-state index contributed by atoms with van der Waals surface area (Å²) < 4.78 is 21.1. The van der Waals surface area contributed by atoms with E-state index < -0.39 is 18.7 Å². The van der Waals surface area contributed by atoms with Crippen LogP contribution in [0.4, 0.5) is 0 Å². The van der Waals surface area contributed by atoms with Crippen LogP contribution in [0.1, 0.15) is 0 Å². The molecule has 0 atom stereocenters. The minimum absolute atomic E-state index is 2.25. The van der Waals surface area contributed by atoms with E-state index >= 15 is 0 Å². The molecule has 10 heteroatoms. The van der Waals surface area contributed by atoms with Crippen LogP contribution >= 0.6 is 0 Å². The van der Waals surface area contributed by atoms with E-state index in [1.54, 1.807) is 0 Å². The van der Waals surface area contributed by atoms with Gasteiger partial charge in [-0.25, -0.2) is 29.3 Å². The number of nitrogens with zero attached hydrogens (tertiary/aromatic N) is 2. The second kappa shape index (κ2) is 1.68. The van der Waals surface area contributed by atoms with Gasteiger partial charge in [-0.15, -0.1) is 4.21 Å². The zero-order chi connectivity index (χ0) is 8.60. The van der Waals surface area contributed by atoms with E-state index in [2.05, 4.69) is 0 Å².